The lowest BCUT2D eigenvalue weighted by atomic mass is 10.1. The van der Waals surface area contributed by atoms with Crippen LogP contribution in [0.25, 0.3) is 0 Å². The number of hydrogen-bond donors (Lipinski definition) is 2. The predicted molar refractivity (Wildman–Crippen MR) is 84.6 cm³/mol. The quantitative estimate of drug-likeness (QED) is 0.494. The van der Waals surface area contributed by atoms with Crippen LogP contribution in [0.1, 0.15) is 31.9 Å². The van der Waals surface area contributed by atoms with E-state index in [1.165, 1.54) is 0 Å². The predicted octanol–water partition coefficient (Wildman–Crippen LogP) is 2.44. The lowest BCUT2D eigenvalue weighted by Gasteiger charge is -2.13. The molecule has 100 valence electrons. The second kappa shape index (κ2) is 6.82. The van der Waals surface area contributed by atoms with Gasteiger partial charge in [0.1, 0.15) is 18.4 Å². The molecule has 2 atom stereocenters. The summed E-state index contributed by atoms with van der Waals surface area (Å²) in [5.74, 6) is 1.40. The summed E-state index contributed by atoms with van der Waals surface area (Å²) >= 11 is 0. The van der Waals surface area contributed by atoms with Crippen LogP contribution < -0.4 is 15.8 Å². The molecule has 1 heterocycles. The van der Waals surface area contributed by atoms with Crippen molar-refractivity contribution in [2.24, 2.45) is 10.7 Å². The van der Waals surface area contributed by atoms with Gasteiger partial charge >= 0.3 is 0 Å². The summed E-state index contributed by atoms with van der Waals surface area (Å²) in [4.78, 5) is 4.46. The fraction of sp³-hybridized carbons (Fsp3) is 0.462. The van der Waals surface area contributed by atoms with E-state index in [-0.39, 0.29) is 30.0 Å². The molecule has 0 saturated carbocycles. The normalized spacial score (nSPS) is 19.4. The molecule has 5 heteroatoms. The fourth-order valence-electron chi connectivity index (χ4n) is 1.81. The largest absolute Gasteiger partial charge is 0.491 e. The van der Waals surface area contributed by atoms with Crippen LogP contribution in [0.3, 0.4) is 0 Å². The zero-order valence-corrected chi connectivity index (χ0v) is 13.0. The van der Waals surface area contributed by atoms with Crippen LogP contribution in [0.2, 0.25) is 0 Å². The number of para-hydroxylation sites is 1. The molecule has 2 rings (SSSR count). The highest BCUT2D eigenvalue weighted by molar-refractivity contribution is 14.0. The number of nitrogens with one attached hydrogen (secondary N) is 1. The minimum atomic E-state index is 0. The minimum Gasteiger partial charge on any atom is -0.491 e. The second-order valence-electron chi connectivity index (χ2n) is 4.33. The van der Waals surface area contributed by atoms with Gasteiger partial charge in [0.05, 0.1) is 0 Å². The van der Waals surface area contributed by atoms with E-state index >= 15 is 0 Å². The smallest absolute Gasteiger partial charge is 0.189 e. The first-order valence-corrected chi connectivity index (χ1v) is 6.02. The lowest BCUT2D eigenvalue weighted by molar-refractivity contribution is 0.333. The molecule has 0 radical (unpaired) electrons. The molecule has 0 saturated heterocycles. The van der Waals surface area contributed by atoms with Crippen molar-refractivity contribution in [1.29, 1.82) is 0 Å². The van der Waals surface area contributed by atoms with E-state index in [4.69, 9.17) is 10.5 Å². The van der Waals surface area contributed by atoms with E-state index in [0.717, 1.165) is 17.7 Å². The molecule has 1 aliphatic rings. The molecule has 0 fully saturated rings. The number of aliphatic imine (C=N–C) groups is 1. The number of guanidine groups is 1. The average Bonchev–Trinajstić information content (AvgIpc) is 2.72. The van der Waals surface area contributed by atoms with Crippen molar-refractivity contribution in [2.45, 2.75) is 32.4 Å². The Labute approximate surface area is 125 Å². The Kier molecular flexibility index (Phi) is 5.71. The number of nitrogens with zero attached hydrogens (tertiary/aromatic N) is 1. The van der Waals surface area contributed by atoms with Crippen molar-refractivity contribution < 1.29 is 4.74 Å². The van der Waals surface area contributed by atoms with Gasteiger partial charge in [0, 0.05) is 11.6 Å². The van der Waals surface area contributed by atoms with Crippen LogP contribution in [0.15, 0.2) is 29.3 Å². The van der Waals surface area contributed by atoms with Crippen LogP contribution in [0.4, 0.5) is 0 Å². The number of ether oxygens (including phenoxy) is 1. The summed E-state index contributed by atoms with van der Waals surface area (Å²) in [5.41, 5.74) is 6.98. The molecular weight excluding hydrogens is 341 g/mol. The Morgan fingerprint density at radius 3 is 3.00 bits per heavy atom. The molecule has 1 aromatic carbocycles. The van der Waals surface area contributed by atoms with Crippen LogP contribution in [-0.2, 0) is 0 Å². The molecule has 1 aliphatic heterocycles. The Morgan fingerprint density at radius 2 is 2.28 bits per heavy atom. The highest BCUT2D eigenvalue weighted by Crippen LogP contribution is 2.33. The Morgan fingerprint density at radius 1 is 1.56 bits per heavy atom. The third-order valence-corrected chi connectivity index (χ3v) is 2.98. The van der Waals surface area contributed by atoms with E-state index in [1.54, 1.807) is 0 Å². The average molecular weight is 361 g/mol. The van der Waals surface area contributed by atoms with Gasteiger partial charge in [-0.1, -0.05) is 25.1 Å². The summed E-state index contributed by atoms with van der Waals surface area (Å²) < 4.78 is 5.55. The maximum Gasteiger partial charge on any atom is 0.189 e. The van der Waals surface area contributed by atoms with Crippen LogP contribution in [0, 0.1) is 0 Å². The standard InChI is InChI=1S/C13H19N3O.HI/c1-3-9(2)15-13(14)16-11-8-17-12-7-5-4-6-10(11)12;/h4-7,9,11H,3,8H2,1-2H3,(H3,14,15,16);1H. The van der Waals surface area contributed by atoms with E-state index in [1.807, 2.05) is 24.3 Å². The van der Waals surface area contributed by atoms with Crippen LogP contribution >= 0.6 is 24.0 Å². The fourth-order valence-corrected chi connectivity index (χ4v) is 1.81. The van der Waals surface area contributed by atoms with Crippen molar-refractivity contribution in [2.75, 3.05) is 6.61 Å². The highest BCUT2D eigenvalue weighted by Gasteiger charge is 2.23. The number of benzene rings is 1. The van der Waals surface area contributed by atoms with Crippen molar-refractivity contribution in [3.63, 3.8) is 0 Å². The lowest BCUT2D eigenvalue weighted by Crippen LogP contribution is -2.38. The van der Waals surface area contributed by atoms with Crippen molar-refractivity contribution >= 4 is 29.9 Å². The van der Waals surface area contributed by atoms with Gasteiger partial charge in [-0.15, -0.1) is 24.0 Å². The Hall–Kier alpha value is -0.980. The molecule has 0 bridgehead atoms. The molecule has 4 nitrogen and oxygen atoms in total. The third kappa shape index (κ3) is 3.51. The first-order valence-electron chi connectivity index (χ1n) is 6.02. The number of rotatable bonds is 3. The van der Waals surface area contributed by atoms with Crippen molar-refractivity contribution in [3.05, 3.63) is 29.8 Å². The van der Waals surface area contributed by atoms with E-state index in [2.05, 4.69) is 24.2 Å². The zero-order chi connectivity index (χ0) is 12.3. The maximum atomic E-state index is 5.87. The summed E-state index contributed by atoms with van der Waals surface area (Å²) in [6.07, 6.45) is 1.02. The van der Waals surface area contributed by atoms with Crippen LogP contribution in [-0.4, -0.2) is 18.6 Å². The molecule has 3 N–H and O–H groups in total. The number of hydrogen-bond acceptors (Lipinski definition) is 2. The van der Waals surface area contributed by atoms with E-state index in [0.29, 0.717) is 18.6 Å². The monoisotopic (exact) mass is 361 g/mol. The molecule has 1 aromatic rings. The minimum absolute atomic E-state index is 0. The van der Waals surface area contributed by atoms with Gasteiger partial charge in [-0.25, -0.2) is 4.99 Å². The van der Waals surface area contributed by atoms with Gasteiger partial charge in [0.15, 0.2) is 5.96 Å². The first-order chi connectivity index (χ1) is 8.20. The van der Waals surface area contributed by atoms with Crippen molar-refractivity contribution in [3.8, 4) is 5.75 Å². The molecule has 0 aromatic heterocycles. The highest BCUT2D eigenvalue weighted by atomic mass is 127. The molecule has 18 heavy (non-hydrogen) atoms. The van der Waals surface area contributed by atoms with Gasteiger partial charge in [0.25, 0.3) is 0 Å². The number of halogens is 1. The molecule has 0 amide bonds. The van der Waals surface area contributed by atoms with Gasteiger partial charge in [-0.3, -0.25) is 0 Å². The number of fused-ring (bicyclic) bond motifs is 1. The summed E-state index contributed by atoms with van der Waals surface area (Å²) in [7, 11) is 0. The molecular formula is C13H20IN3O. The first kappa shape index (κ1) is 15.1. The summed E-state index contributed by atoms with van der Waals surface area (Å²) in [6.45, 7) is 4.77. The van der Waals surface area contributed by atoms with E-state index in [9.17, 15) is 0 Å². The second-order valence-corrected chi connectivity index (χ2v) is 4.33. The topological polar surface area (TPSA) is 59.6 Å². The van der Waals surface area contributed by atoms with Crippen LogP contribution in [0.5, 0.6) is 5.75 Å². The van der Waals surface area contributed by atoms with Gasteiger partial charge < -0.3 is 15.8 Å². The summed E-state index contributed by atoms with van der Waals surface area (Å²) in [5, 5.41) is 3.16. The van der Waals surface area contributed by atoms with Gasteiger partial charge in [-0.2, -0.15) is 0 Å². The Balaban J connectivity index is 0.00000162. The molecule has 0 aliphatic carbocycles. The van der Waals surface area contributed by atoms with Gasteiger partial charge in [0.2, 0.25) is 0 Å². The van der Waals surface area contributed by atoms with Gasteiger partial charge in [-0.05, 0) is 19.4 Å². The molecule has 2 unspecified atom stereocenters. The molecule has 0 spiro atoms. The number of nitrogens with two attached hydrogens (primary N) is 1. The third-order valence-electron chi connectivity index (χ3n) is 2.98. The summed E-state index contributed by atoms with van der Waals surface area (Å²) in [6, 6.07) is 8.31. The van der Waals surface area contributed by atoms with Crippen molar-refractivity contribution in [1.82, 2.24) is 5.32 Å². The maximum absolute atomic E-state index is 5.87. The van der Waals surface area contributed by atoms with E-state index < -0.39 is 0 Å². The zero-order valence-electron chi connectivity index (χ0n) is 10.7. The SMILES string of the molecule is CCC(C)NC(N)=NC1COc2ccccc21.I. The Bertz CT molecular complexity index is 422.